The molecule has 0 saturated heterocycles. The fourth-order valence-electron chi connectivity index (χ4n) is 1.86. The van der Waals surface area contributed by atoms with Crippen LogP contribution in [-0.2, 0) is 4.79 Å². The van der Waals surface area contributed by atoms with E-state index in [4.69, 9.17) is 34.7 Å². The summed E-state index contributed by atoms with van der Waals surface area (Å²) >= 11 is 12.2. The lowest BCUT2D eigenvalue weighted by Crippen LogP contribution is -2.24. The highest BCUT2D eigenvalue weighted by Crippen LogP contribution is 2.36. The molecule has 98 valence electrons. The Bertz CT molecular complexity index is 594. The Labute approximate surface area is 120 Å². The van der Waals surface area contributed by atoms with Gasteiger partial charge in [0.1, 0.15) is 5.92 Å². The first-order chi connectivity index (χ1) is 9.00. The van der Waals surface area contributed by atoms with Gasteiger partial charge in [0.25, 0.3) is 0 Å². The summed E-state index contributed by atoms with van der Waals surface area (Å²) in [4.78, 5) is 15.9. The summed E-state index contributed by atoms with van der Waals surface area (Å²) in [6.45, 7) is 0. The molecular formula is C13H11Cl2N3O. The van der Waals surface area contributed by atoms with Crippen molar-refractivity contribution in [3.63, 3.8) is 0 Å². The Hall–Kier alpha value is -1.78. The average molecular weight is 296 g/mol. The topological polar surface area (TPSA) is 82.0 Å². The Kier molecular flexibility index (Phi) is 3.93. The molecule has 1 aromatic heterocycles. The summed E-state index contributed by atoms with van der Waals surface area (Å²) in [7, 11) is 0. The van der Waals surface area contributed by atoms with Gasteiger partial charge >= 0.3 is 0 Å². The number of nitrogen functional groups attached to an aromatic ring is 1. The first-order valence-corrected chi connectivity index (χ1v) is 6.21. The fourth-order valence-corrected chi connectivity index (χ4v) is 2.58. The number of rotatable bonds is 3. The summed E-state index contributed by atoms with van der Waals surface area (Å²) in [5, 5.41) is 0.582. The molecule has 0 spiro atoms. The van der Waals surface area contributed by atoms with Crippen LogP contribution in [-0.4, -0.2) is 10.9 Å². The fraction of sp³-hybridized carbons (Fsp3) is 0.0769. The van der Waals surface area contributed by atoms with Gasteiger partial charge in [0.15, 0.2) is 0 Å². The number of anilines is 1. The van der Waals surface area contributed by atoms with Gasteiger partial charge in [-0.15, -0.1) is 0 Å². The lowest BCUT2D eigenvalue weighted by molar-refractivity contribution is -0.118. The molecule has 1 unspecified atom stereocenters. The molecule has 0 saturated carbocycles. The number of carbonyl (C=O) groups excluding carboxylic acids is 1. The minimum absolute atomic E-state index is 0.291. The highest BCUT2D eigenvalue weighted by atomic mass is 35.5. The van der Waals surface area contributed by atoms with E-state index >= 15 is 0 Å². The molecule has 0 radical (unpaired) electrons. The van der Waals surface area contributed by atoms with Crippen LogP contribution in [0.5, 0.6) is 0 Å². The van der Waals surface area contributed by atoms with Crippen LogP contribution < -0.4 is 11.5 Å². The predicted molar refractivity (Wildman–Crippen MR) is 76.1 cm³/mol. The number of benzene rings is 1. The number of hydrogen-bond donors (Lipinski definition) is 2. The molecule has 1 amide bonds. The van der Waals surface area contributed by atoms with Crippen LogP contribution in [0.15, 0.2) is 36.5 Å². The third-order valence-electron chi connectivity index (χ3n) is 2.66. The van der Waals surface area contributed by atoms with Crippen molar-refractivity contribution >= 4 is 34.8 Å². The summed E-state index contributed by atoms with van der Waals surface area (Å²) in [6, 6.07) is 8.26. The normalized spacial score (nSPS) is 12.1. The van der Waals surface area contributed by atoms with Gasteiger partial charge in [-0.1, -0.05) is 29.3 Å². The first-order valence-electron chi connectivity index (χ1n) is 5.45. The molecule has 6 heteroatoms. The Morgan fingerprint density at radius 2 is 1.84 bits per heavy atom. The molecular weight excluding hydrogens is 285 g/mol. The molecule has 0 fully saturated rings. The van der Waals surface area contributed by atoms with E-state index in [9.17, 15) is 4.79 Å². The monoisotopic (exact) mass is 295 g/mol. The number of hydrogen-bond acceptors (Lipinski definition) is 3. The van der Waals surface area contributed by atoms with Crippen molar-refractivity contribution in [2.75, 3.05) is 5.73 Å². The zero-order chi connectivity index (χ0) is 14.0. The van der Waals surface area contributed by atoms with Gasteiger partial charge < -0.3 is 11.5 Å². The van der Waals surface area contributed by atoms with Crippen molar-refractivity contribution in [1.29, 1.82) is 0 Å². The van der Waals surface area contributed by atoms with Crippen molar-refractivity contribution in [1.82, 2.24) is 4.98 Å². The van der Waals surface area contributed by atoms with Crippen LogP contribution in [0.1, 0.15) is 17.2 Å². The largest absolute Gasteiger partial charge is 0.399 e. The van der Waals surface area contributed by atoms with Crippen molar-refractivity contribution in [3.05, 3.63) is 57.8 Å². The molecule has 2 rings (SSSR count). The summed E-state index contributed by atoms with van der Waals surface area (Å²) in [5.74, 6) is -1.38. The van der Waals surface area contributed by atoms with Crippen molar-refractivity contribution < 1.29 is 4.79 Å². The predicted octanol–water partition coefficient (Wildman–Crippen LogP) is 2.59. The SMILES string of the molecule is NC(=O)C(c1ccccn1)c1c(Cl)cc(N)cc1Cl. The summed E-state index contributed by atoms with van der Waals surface area (Å²) < 4.78 is 0. The number of halogens is 2. The molecule has 4 nitrogen and oxygen atoms in total. The smallest absolute Gasteiger partial charge is 0.231 e. The zero-order valence-electron chi connectivity index (χ0n) is 9.81. The number of pyridine rings is 1. The van der Waals surface area contributed by atoms with Gasteiger partial charge in [0, 0.05) is 27.5 Å². The van der Waals surface area contributed by atoms with Crippen LogP contribution in [0.3, 0.4) is 0 Å². The second-order valence-corrected chi connectivity index (χ2v) is 4.80. The minimum atomic E-state index is -0.804. The molecule has 1 aromatic carbocycles. The highest BCUT2D eigenvalue weighted by molar-refractivity contribution is 6.37. The third-order valence-corrected chi connectivity index (χ3v) is 3.28. The molecule has 4 N–H and O–H groups in total. The van der Waals surface area contributed by atoms with Crippen molar-refractivity contribution in [2.45, 2.75) is 5.92 Å². The van der Waals surface area contributed by atoms with Gasteiger partial charge in [-0.2, -0.15) is 0 Å². The minimum Gasteiger partial charge on any atom is -0.399 e. The molecule has 0 aliphatic heterocycles. The second kappa shape index (κ2) is 5.47. The Morgan fingerprint density at radius 1 is 1.21 bits per heavy atom. The third kappa shape index (κ3) is 2.80. The molecule has 0 aliphatic rings. The maximum absolute atomic E-state index is 11.7. The van der Waals surface area contributed by atoms with Gasteiger partial charge in [0.2, 0.25) is 5.91 Å². The molecule has 19 heavy (non-hydrogen) atoms. The van der Waals surface area contributed by atoms with E-state index in [0.29, 0.717) is 27.0 Å². The molecule has 0 aliphatic carbocycles. The van der Waals surface area contributed by atoms with Crippen LogP contribution in [0.4, 0.5) is 5.69 Å². The molecule has 0 bridgehead atoms. The number of nitrogens with zero attached hydrogens (tertiary/aromatic N) is 1. The lowest BCUT2D eigenvalue weighted by atomic mass is 9.94. The van der Waals surface area contributed by atoms with Gasteiger partial charge in [-0.25, -0.2) is 0 Å². The van der Waals surface area contributed by atoms with E-state index in [1.54, 1.807) is 24.4 Å². The molecule has 1 heterocycles. The van der Waals surface area contributed by atoms with Crippen LogP contribution in [0.25, 0.3) is 0 Å². The quantitative estimate of drug-likeness (QED) is 0.854. The Balaban J connectivity index is 2.62. The van der Waals surface area contributed by atoms with E-state index in [-0.39, 0.29) is 0 Å². The van der Waals surface area contributed by atoms with E-state index in [0.717, 1.165) is 0 Å². The maximum Gasteiger partial charge on any atom is 0.231 e. The number of primary amides is 1. The van der Waals surface area contributed by atoms with Crippen LogP contribution >= 0.6 is 23.2 Å². The highest BCUT2D eigenvalue weighted by Gasteiger charge is 2.26. The zero-order valence-corrected chi connectivity index (χ0v) is 11.3. The maximum atomic E-state index is 11.7. The number of amides is 1. The Morgan fingerprint density at radius 3 is 2.32 bits per heavy atom. The van der Waals surface area contributed by atoms with Gasteiger partial charge in [-0.3, -0.25) is 9.78 Å². The number of carbonyl (C=O) groups is 1. The van der Waals surface area contributed by atoms with E-state index in [1.807, 2.05) is 0 Å². The van der Waals surface area contributed by atoms with Gasteiger partial charge in [0.05, 0.1) is 5.69 Å². The van der Waals surface area contributed by atoms with E-state index < -0.39 is 11.8 Å². The second-order valence-electron chi connectivity index (χ2n) is 3.99. The summed E-state index contributed by atoms with van der Waals surface area (Å²) in [6.07, 6.45) is 1.57. The van der Waals surface area contributed by atoms with Crippen molar-refractivity contribution in [2.24, 2.45) is 5.73 Å². The standard InChI is InChI=1S/C13H11Cl2N3O/c14-8-5-7(16)6-9(15)11(8)12(13(17)19)10-3-1-2-4-18-10/h1-6,12H,16H2,(H2,17,19). The van der Waals surface area contributed by atoms with Crippen molar-refractivity contribution in [3.8, 4) is 0 Å². The number of nitrogens with two attached hydrogens (primary N) is 2. The number of aromatic nitrogens is 1. The summed E-state index contributed by atoms with van der Waals surface area (Å²) in [5.41, 5.74) is 12.4. The van der Waals surface area contributed by atoms with Crippen LogP contribution in [0.2, 0.25) is 10.0 Å². The first kappa shape index (κ1) is 13.6. The lowest BCUT2D eigenvalue weighted by Gasteiger charge is -2.17. The van der Waals surface area contributed by atoms with Gasteiger partial charge in [-0.05, 0) is 24.3 Å². The average Bonchev–Trinajstić information content (AvgIpc) is 2.34. The van der Waals surface area contributed by atoms with E-state index in [1.165, 1.54) is 12.1 Å². The molecule has 1 atom stereocenters. The molecule has 2 aromatic rings. The van der Waals surface area contributed by atoms with E-state index in [2.05, 4.69) is 4.98 Å². The van der Waals surface area contributed by atoms with Crippen LogP contribution in [0, 0.1) is 0 Å².